The second-order valence-electron chi connectivity index (χ2n) is 31.5. The SMILES string of the molecule is CC1([Si]2(C)c3ccccc3-c3ccccc32)CCCCC1.CCOC.CCOC.COC(C)(C)C.COC(C)(C)C.COC(C)(C)C.COC(C)(c1ccccc1)c1ccccc1.COC(C)(c1ccccc1)c1ccccc1.COC1(C)CCCCC1.COC1(C)CCCCC1.[2H]C([2H])([2H])C(C)(C)OC. The summed E-state index contributed by atoms with van der Waals surface area (Å²) in [6.45, 7) is 38.7. The van der Waals surface area contributed by atoms with E-state index in [-0.39, 0.29) is 39.2 Å². The fraction of sp³-hybridized carbons (Fsp3) is 0.609. The van der Waals surface area contributed by atoms with Gasteiger partial charge in [-0.2, -0.15) is 0 Å². The maximum Gasteiger partial charge on any atom is 0.122 e. The lowest BCUT2D eigenvalue weighted by Crippen LogP contribution is -2.61. The molecule has 3 fully saturated rings. The average molecular weight is 1450 g/mol. The second-order valence-corrected chi connectivity index (χ2v) is 36.1. The Balaban J connectivity index is 0.00000119. The molecule has 11 heteroatoms. The molecule has 6 aromatic carbocycles. The number of fused-ring (bicyclic) bond motifs is 3. The molecular weight excluding hydrogens is 1290 g/mol. The van der Waals surface area contributed by atoms with Crippen molar-refractivity contribution in [3.8, 4) is 11.1 Å². The van der Waals surface area contributed by atoms with Gasteiger partial charge in [-0.25, -0.2) is 0 Å². The van der Waals surface area contributed by atoms with Gasteiger partial charge in [-0.3, -0.25) is 0 Å². The highest BCUT2D eigenvalue weighted by Gasteiger charge is 2.53. The quantitative estimate of drug-likeness (QED) is 0.117. The van der Waals surface area contributed by atoms with Crippen LogP contribution >= 0.6 is 0 Å². The molecule has 103 heavy (non-hydrogen) atoms. The van der Waals surface area contributed by atoms with E-state index in [9.17, 15) is 0 Å². The molecule has 0 unspecified atom stereocenters. The van der Waals surface area contributed by atoms with Gasteiger partial charge in [0.15, 0.2) is 0 Å². The monoisotopic (exact) mass is 1450 g/mol. The Labute approximate surface area is 638 Å². The number of methoxy groups -OCH3 is 10. The number of rotatable bonds is 11. The van der Waals surface area contributed by atoms with Crippen molar-refractivity contribution < 1.29 is 51.5 Å². The number of hydrogen-bond acceptors (Lipinski definition) is 10. The molecule has 1 aliphatic heterocycles. The van der Waals surface area contributed by atoms with E-state index in [2.05, 4.69) is 148 Å². The fourth-order valence-corrected chi connectivity index (χ4v) is 17.1. The summed E-state index contributed by atoms with van der Waals surface area (Å²) < 4.78 is 71.6. The third kappa shape index (κ3) is 37.0. The molecule has 0 bridgehead atoms. The lowest BCUT2D eigenvalue weighted by Gasteiger charge is -2.47. The minimum Gasteiger partial charge on any atom is -0.385 e. The molecule has 0 atom stereocenters. The number of ether oxygens (including phenoxy) is 10. The lowest BCUT2D eigenvalue weighted by molar-refractivity contribution is -0.0234. The molecule has 10 rings (SSSR count). The van der Waals surface area contributed by atoms with E-state index < -0.39 is 20.5 Å². The molecule has 0 saturated heterocycles. The Morgan fingerprint density at radius 1 is 0.320 bits per heavy atom. The molecule has 3 saturated carbocycles. The maximum absolute atomic E-state index is 6.94. The highest BCUT2D eigenvalue weighted by Crippen LogP contribution is 2.52. The van der Waals surface area contributed by atoms with E-state index in [1.165, 1.54) is 137 Å². The minimum absolute atomic E-state index is 0.0417. The summed E-state index contributed by atoms with van der Waals surface area (Å²) in [5.74, 6) is 0. The molecule has 0 amide bonds. The number of benzene rings is 6. The Morgan fingerprint density at radius 3 is 0.709 bits per heavy atom. The molecule has 0 aromatic heterocycles. The molecule has 10 nitrogen and oxygen atoms in total. The first-order valence-electron chi connectivity index (χ1n) is 39.4. The van der Waals surface area contributed by atoms with Crippen LogP contribution in [0.25, 0.3) is 11.1 Å². The Bertz CT molecular complexity index is 2840. The summed E-state index contributed by atoms with van der Waals surface area (Å²) in [6, 6.07) is 59.6. The molecule has 0 spiro atoms. The van der Waals surface area contributed by atoms with Gasteiger partial charge in [0.2, 0.25) is 0 Å². The topological polar surface area (TPSA) is 92.3 Å². The van der Waals surface area contributed by atoms with Crippen LogP contribution in [-0.4, -0.2) is 126 Å². The van der Waals surface area contributed by atoms with Crippen LogP contribution < -0.4 is 10.4 Å². The van der Waals surface area contributed by atoms with E-state index in [0.29, 0.717) is 5.04 Å². The highest BCUT2D eigenvalue weighted by molar-refractivity contribution is 7.06. The van der Waals surface area contributed by atoms with Gasteiger partial charge in [-0.05, 0) is 212 Å². The summed E-state index contributed by atoms with van der Waals surface area (Å²) in [5.41, 5.74) is 6.53. The molecular formula is C92H152O10Si. The normalized spacial score (nSPS) is 16.4. The smallest absolute Gasteiger partial charge is 0.122 e. The van der Waals surface area contributed by atoms with Crippen molar-refractivity contribution >= 4 is 18.4 Å². The summed E-state index contributed by atoms with van der Waals surface area (Å²) in [6.07, 6.45) is 20.3. The largest absolute Gasteiger partial charge is 0.385 e. The molecule has 3 aliphatic carbocycles. The predicted octanol–water partition coefficient (Wildman–Crippen LogP) is 23.5. The third-order valence-corrected chi connectivity index (χ3v) is 26.2. The van der Waals surface area contributed by atoms with Crippen molar-refractivity contribution in [2.75, 3.05) is 84.3 Å². The van der Waals surface area contributed by atoms with E-state index in [1.54, 1.807) is 74.0 Å². The van der Waals surface area contributed by atoms with Gasteiger partial charge >= 0.3 is 0 Å². The van der Waals surface area contributed by atoms with Crippen LogP contribution in [0.5, 0.6) is 0 Å². The van der Waals surface area contributed by atoms with Crippen molar-refractivity contribution in [3.63, 3.8) is 0 Å². The van der Waals surface area contributed by atoms with E-state index in [1.807, 2.05) is 163 Å². The van der Waals surface area contributed by atoms with Crippen LogP contribution in [-0.2, 0) is 58.6 Å². The van der Waals surface area contributed by atoms with Gasteiger partial charge in [0.05, 0.1) is 33.6 Å². The van der Waals surface area contributed by atoms with Crippen LogP contribution in [0.3, 0.4) is 0 Å². The molecule has 1 heterocycles. The van der Waals surface area contributed by atoms with Crippen molar-refractivity contribution in [1.29, 1.82) is 0 Å². The highest BCUT2D eigenvalue weighted by atomic mass is 28.3. The summed E-state index contributed by atoms with van der Waals surface area (Å²) in [7, 11) is 15.4. The van der Waals surface area contributed by atoms with E-state index in [0.717, 1.165) is 13.2 Å². The minimum atomic E-state index is -2.03. The molecule has 584 valence electrons. The molecule has 6 aromatic rings. The lowest BCUT2D eigenvalue weighted by atomic mass is 9.86. The molecule has 0 N–H and O–H groups in total. The zero-order chi connectivity index (χ0) is 81.0. The first kappa shape index (κ1) is 92.3. The van der Waals surface area contributed by atoms with Crippen molar-refractivity contribution in [3.05, 3.63) is 192 Å². The Morgan fingerprint density at radius 2 is 0.534 bits per heavy atom. The van der Waals surface area contributed by atoms with Gasteiger partial charge in [0.1, 0.15) is 19.3 Å². The van der Waals surface area contributed by atoms with Crippen molar-refractivity contribution in [2.45, 2.75) is 284 Å². The van der Waals surface area contributed by atoms with Crippen LogP contribution in [0.15, 0.2) is 170 Å². The summed E-state index contributed by atoms with van der Waals surface area (Å²) in [4.78, 5) is 0. The van der Waals surface area contributed by atoms with Gasteiger partial charge in [-0.15, -0.1) is 0 Å². The first-order valence-corrected chi connectivity index (χ1v) is 40.4. The van der Waals surface area contributed by atoms with Crippen LogP contribution in [0.2, 0.25) is 11.6 Å². The summed E-state index contributed by atoms with van der Waals surface area (Å²) >= 11 is 0. The fourth-order valence-electron chi connectivity index (χ4n) is 11.8. The van der Waals surface area contributed by atoms with Crippen molar-refractivity contribution in [1.82, 2.24) is 0 Å². The standard InChI is InChI=1S/C20H24Si.2C15H16O.2C8H16O.4C5H12O.2C3H8O/c1-20(14-8-3-9-15-20)21(2)18-12-6-4-10-16(18)17-11-5-7-13-19(17)21;2*1-15(16-2,13-9-5-3-6-10-13)14-11-7-4-8-12-14;2*1-8(9-2)6-4-3-5-7-8;4*1-5(2,3)6-4;2*1-3-4-2/h4-7,10-13H,3,8-9,14-15H2,1-2H3;2*3-12H,1-2H3;2*3-7H2,1-2H3;4*1-4H3;2*3H2,1-2H3/i;;;;;1D3;;;;;. The van der Waals surface area contributed by atoms with Gasteiger partial charge in [0.25, 0.3) is 0 Å². The van der Waals surface area contributed by atoms with E-state index >= 15 is 0 Å². The van der Waals surface area contributed by atoms with Gasteiger partial charge in [-0.1, -0.05) is 241 Å². The van der Waals surface area contributed by atoms with Gasteiger partial charge in [0, 0.05) is 88.4 Å². The number of hydrogen-bond donors (Lipinski definition) is 0. The Kier molecular flexibility index (Phi) is 44.7. The van der Waals surface area contributed by atoms with Gasteiger partial charge < -0.3 is 47.4 Å². The zero-order valence-electron chi connectivity index (χ0n) is 73.8. The van der Waals surface area contributed by atoms with Crippen LogP contribution in [0, 0.1) is 0 Å². The Hall–Kier alpha value is -4.86. The van der Waals surface area contributed by atoms with Crippen molar-refractivity contribution in [2.24, 2.45) is 0 Å². The van der Waals surface area contributed by atoms with Crippen LogP contribution in [0.4, 0.5) is 0 Å². The molecule has 0 radical (unpaired) electrons. The second kappa shape index (κ2) is 49.9. The average Bonchev–Trinajstić information content (AvgIpc) is 1.54. The third-order valence-electron chi connectivity index (χ3n) is 20.2. The predicted molar refractivity (Wildman–Crippen MR) is 446 cm³/mol. The zero-order valence-corrected chi connectivity index (χ0v) is 71.8. The van der Waals surface area contributed by atoms with Crippen LogP contribution in [0.1, 0.15) is 254 Å². The molecule has 4 aliphatic rings. The first-order chi connectivity index (χ1) is 49.6. The maximum atomic E-state index is 6.94. The van der Waals surface area contributed by atoms with E-state index in [4.69, 9.17) is 42.0 Å². The summed E-state index contributed by atoms with van der Waals surface area (Å²) in [5, 5.41) is 3.90.